The number of aromatic amines is 1. The lowest BCUT2D eigenvalue weighted by Gasteiger charge is -2.21. The van der Waals surface area contributed by atoms with Gasteiger partial charge in [0.2, 0.25) is 5.56 Å². The van der Waals surface area contributed by atoms with Crippen molar-refractivity contribution in [1.82, 2.24) is 4.98 Å². The normalized spacial score (nSPS) is 11.9. The van der Waals surface area contributed by atoms with Gasteiger partial charge in [-0.05, 0) is 11.5 Å². The minimum absolute atomic E-state index is 0.0246. The summed E-state index contributed by atoms with van der Waals surface area (Å²) in [6, 6.07) is 9.67. The zero-order chi connectivity index (χ0) is 13.2. The number of aromatic nitrogens is 1. The lowest BCUT2D eigenvalue weighted by Crippen LogP contribution is -2.16. The summed E-state index contributed by atoms with van der Waals surface area (Å²) in [5.74, 6) is 1.02. The highest BCUT2D eigenvalue weighted by Crippen LogP contribution is 2.32. The molecule has 0 saturated carbocycles. The molecule has 0 bridgehead atoms. The van der Waals surface area contributed by atoms with Gasteiger partial charge < -0.3 is 4.98 Å². The van der Waals surface area contributed by atoms with Gasteiger partial charge in [-0.1, -0.05) is 54.6 Å². The van der Waals surface area contributed by atoms with Crippen molar-refractivity contribution in [3.8, 4) is 0 Å². The van der Waals surface area contributed by atoms with Crippen LogP contribution in [0.3, 0.4) is 0 Å². The molecule has 0 fully saturated rings. The predicted octanol–water partition coefficient (Wildman–Crippen LogP) is 4.08. The van der Waals surface area contributed by atoms with Crippen LogP contribution in [0.15, 0.2) is 40.0 Å². The summed E-state index contributed by atoms with van der Waals surface area (Å²) in [5, 5.41) is 1.13. The quantitative estimate of drug-likeness (QED) is 0.498. The van der Waals surface area contributed by atoms with Crippen molar-refractivity contribution in [2.45, 2.75) is 18.7 Å². The van der Waals surface area contributed by atoms with Crippen molar-refractivity contribution < 1.29 is 0 Å². The Labute approximate surface area is 125 Å². The van der Waals surface area contributed by atoms with Gasteiger partial charge in [-0.15, -0.1) is 11.8 Å². The zero-order valence-corrected chi connectivity index (χ0v) is 13.5. The first-order valence-corrected chi connectivity index (χ1v) is 8.34. The first-order chi connectivity index (χ1) is 8.52. The molecule has 2 nitrogen and oxygen atoms in total. The first kappa shape index (κ1) is 13.9. The Morgan fingerprint density at radius 3 is 2.78 bits per heavy atom. The number of para-hydroxylation sites is 1. The van der Waals surface area contributed by atoms with Gasteiger partial charge in [0.05, 0.1) is 0 Å². The van der Waals surface area contributed by atoms with E-state index in [9.17, 15) is 4.79 Å². The number of nitrogens with one attached hydrogen (secondary N) is 1. The highest BCUT2D eigenvalue weighted by Gasteiger charge is 2.17. The van der Waals surface area contributed by atoms with Crippen LogP contribution in [0.1, 0.15) is 13.8 Å². The maximum absolute atomic E-state index is 11.6. The van der Waals surface area contributed by atoms with Gasteiger partial charge in [-0.25, -0.2) is 0 Å². The Hall–Kier alpha value is -0.490. The van der Waals surface area contributed by atoms with Crippen LogP contribution < -0.4 is 5.56 Å². The summed E-state index contributed by atoms with van der Waals surface area (Å²) < 4.78 is 1.11. The molecule has 0 radical (unpaired) electrons. The van der Waals surface area contributed by atoms with Crippen molar-refractivity contribution in [2.24, 2.45) is 5.41 Å². The van der Waals surface area contributed by atoms with Crippen molar-refractivity contribution in [1.29, 1.82) is 0 Å². The van der Waals surface area contributed by atoms with E-state index in [0.29, 0.717) is 0 Å². The topological polar surface area (TPSA) is 32.9 Å². The highest BCUT2D eigenvalue weighted by atomic mass is 127. The average Bonchev–Trinajstić information content (AvgIpc) is 2.36. The fraction of sp³-hybridized carbons (Fsp3) is 0.357. The lowest BCUT2D eigenvalue weighted by atomic mass is 10.0. The van der Waals surface area contributed by atoms with Crippen LogP contribution in [0.5, 0.6) is 0 Å². The summed E-state index contributed by atoms with van der Waals surface area (Å²) in [5.41, 5.74) is 1.18. The van der Waals surface area contributed by atoms with Crippen LogP contribution in [-0.2, 0) is 0 Å². The van der Waals surface area contributed by atoms with E-state index >= 15 is 0 Å². The minimum Gasteiger partial charge on any atom is -0.322 e. The van der Waals surface area contributed by atoms with E-state index in [2.05, 4.69) is 47.5 Å². The van der Waals surface area contributed by atoms with Crippen LogP contribution in [-0.4, -0.2) is 15.2 Å². The van der Waals surface area contributed by atoms with E-state index in [1.807, 2.05) is 18.2 Å². The number of rotatable bonds is 4. The zero-order valence-electron chi connectivity index (χ0n) is 10.5. The molecule has 0 atom stereocenters. The molecule has 1 heterocycles. The highest BCUT2D eigenvalue weighted by molar-refractivity contribution is 14.1. The molecular formula is C14H16INOS. The van der Waals surface area contributed by atoms with E-state index in [1.54, 1.807) is 17.8 Å². The summed E-state index contributed by atoms with van der Waals surface area (Å²) >= 11 is 4.19. The number of hydrogen-bond donors (Lipinski definition) is 1. The molecule has 96 valence electrons. The van der Waals surface area contributed by atoms with Crippen molar-refractivity contribution in [3.05, 3.63) is 40.7 Å². The maximum atomic E-state index is 11.6. The molecule has 1 aromatic heterocycles. The summed E-state index contributed by atoms with van der Waals surface area (Å²) in [7, 11) is 0. The smallest absolute Gasteiger partial charge is 0.249 e. The lowest BCUT2D eigenvalue weighted by molar-refractivity contribution is 0.501. The van der Waals surface area contributed by atoms with Crippen LogP contribution in [0.25, 0.3) is 10.9 Å². The number of pyridine rings is 1. The monoisotopic (exact) mass is 373 g/mol. The molecule has 0 unspecified atom stereocenters. The second-order valence-corrected chi connectivity index (χ2v) is 6.91. The minimum atomic E-state index is -0.0246. The van der Waals surface area contributed by atoms with Crippen LogP contribution in [0.4, 0.5) is 0 Å². The number of benzene rings is 1. The summed E-state index contributed by atoms with van der Waals surface area (Å²) in [6.07, 6.45) is 0. The molecule has 0 saturated heterocycles. The van der Waals surface area contributed by atoms with Gasteiger partial charge in [-0.2, -0.15) is 0 Å². The van der Waals surface area contributed by atoms with Crippen molar-refractivity contribution in [2.75, 3.05) is 10.2 Å². The third-order valence-electron chi connectivity index (χ3n) is 2.69. The standard InChI is InChI=1S/C14H16INOS/c1-14(2,8-15)9-18-12-7-13(17)16-11-6-4-3-5-10(11)12/h3-7H,8-9H2,1-2H3,(H,16,17). The molecule has 1 N–H and O–H groups in total. The molecule has 0 spiro atoms. The second-order valence-electron chi connectivity index (χ2n) is 5.13. The maximum Gasteiger partial charge on any atom is 0.249 e. The Balaban J connectivity index is 2.36. The Bertz CT molecular complexity index is 606. The van der Waals surface area contributed by atoms with Gasteiger partial charge in [0.15, 0.2) is 0 Å². The number of thioether (sulfide) groups is 1. The van der Waals surface area contributed by atoms with Gasteiger partial charge in [0.25, 0.3) is 0 Å². The number of alkyl halides is 1. The molecule has 18 heavy (non-hydrogen) atoms. The molecule has 2 rings (SSSR count). The van der Waals surface area contributed by atoms with Crippen molar-refractivity contribution >= 4 is 45.3 Å². The number of hydrogen-bond acceptors (Lipinski definition) is 2. The van der Waals surface area contributed by atoms with Crippen LogP contribution in [0, 0.1) is 5.41 Å². The first-order valence-electron chi connectivity index (χ1n) is 5.83. The van der Waals surface area contributed by atoms with E-state index in [1.165, 1.54) is 0 Å². The van der Waals surface area contributed by atoms with E-state index in [0.717, 1.165) is 26.0 Å². The van der Waals surface area contributed by atoms with Crippen LogP contribution in [0.2, 0.25) is 0 Å². The van der Waals surface area contributed by atoms with Gasteiger partial charge in [0.1, 0.15) is 0 Å². The largest absolute Gasteiger partial charge is 0.322 e. The summed E-state index contributed by atoms with van der Waals surface area (Å²) in [6.45, 7) is 4.50. The Morgan fingerprint density at radius 2 is 2.06 bits per heavy atom. The van der Waals surface area contributed by atoms with E-state index in [4.69, 9.17) is 0 Å². The molecule has 1 aromatic carbocycles. The molecule has 0 aliphatic carbocycles. The third kappa shape index (κ3) is 3.29. The van der Waals surface area contributed by atoms with Crippen molar-refractivity contribution in [3.63, 3.8) is 0 Å². The summed E-state index contributed by atoms with van der Waals surface area (Å²) in [4.78, 5) is 15.6. The van der Waals surface area contributed by atoms with Crippen LogP contribution >= 0.6 is 34.4 Å². The predicted molar refractivity (Wildman–Crippen MR) is 88.0 cm³/mol. The number of fused-ring (bicyclic) bond motifs is 1. The third-order valence-corrected chi connectivity index (χ3v) is 6.33. The molecule has 4 heteroatoms. The number of halogens is 1. The van der Waals surface area contributed by atoms with Gasteiger partial charge in [-0.3, -0.25) is 4.79 Å². The SMILES string of the molecule is CC(C)(CI)CSc1cc(=O)[nH]c2ccccc12. The second kappa shape index (κ2) is 5.65. The fourth-order valence-electron chi connectivity index (χ4n) is 1.60. The van der Waals surface area contributed by atoms with E-state index in [-0.39, 0.29) is 11.0 Å². The molecule has 2 aromatic rings. The average molecular weight is 373 g/mol. The Kier molecular flexibility index (Phi) is 4.37. The number of H-pyrrole nitrogens is 1. The molecule has 0 amide bonds. The molecule has 0 aliphatic rings. The molecular weight excluding hydrogens is 357 g/mol. The van der Waals surface area contributed by atoms with E-state index < -0.39 is 0 Å². The van der Waals surface area contributed by atoms with Gasteiger partial charge >= 0.3 is 0 Å². The fourth-order valence-corrected chi connectivity index (χ4v) is 3.41. The van der Waals surface area contributed by atoms with Gasteiger partial charge in [0, 0.05) is 32.0 Å². The Morgan fingerprint density at radius 1 is 1.33 bits per heavy atom. The molecule has 0 aliphatic heterocycles.